The summed E-state index contributed by atoms with van der Waals surface area (Å²) in [5.74, 6) is -5.90. The van der Waals surface area contributed by atoms with E-state index >= 15 is 0 Å². The molecule has 7 amide bonds. The van der Waals surface area contributed by atoms with Crippen LogP contribution in [0.4, 0.5) is 56.1 Å². The molecule has 0 aromatic heterocycles. The van der Waals surface area contributed by atoms with Gasteiger partial charge in [-0.3, -0.25) is 14.4 Å². The molecule has 2 aliphatic heterocycles. The number of carbonyl (C=O) groups is 5. The molecule has 1 N–H and O–H groups in total. The maximum Gasteiger partial charge on any atom is 0.398 e. The molecule has 0 bridgehead atoms. The van der Waals surface area contributed by atoms with Crippen molar-refractivity contribution in [2.75, 3.05) is 34.4 Å². The maximum atomic E-state index is 14.4. The Bertz CT molecular complexity index is 1620. The van der Waals surface area contributed by atoms with Gasteiger partial charge < -0.3 is 5.32 Å². The molecule has 2 saturated heterocycles. The number of hydrogen-bond donors (Lipinski definition) is 1. The molecular weight excluding hydrogens is 712 g/mol. The average Bonchev–Trinajstić information content (AvgIpc) is 3.46. The molecule has 2 aliphatic rings. The summed E-state index contributed by atoms with van der Waals surface area (Å²) in [5, 5.41) is 2.48. The number of alkyl halides is 6. The minimum atomic E-state index is -4.43. The number of anilines is 2. The average molecular weight is 743 g/mol. The zero-order valence-electron chi connectivity index (χ0n) is 26.4. The van der Waals surface area contributed by atoms with Crippen LogP contribution in [0.3, 0.4) is 0 Å². The van der Waals surface area contributed by atoms with Crippen LogP contribution in [0.5, 0.6) is 0 Å². The fraction of sp³-hybridized carbons (Fsp3) is 0.433. The van der Waals surface area contributed by atoms with E-state index < -0.39 is 77.5 Å². The van der Waals surface area contributed by atoms with Gasteiger partial charge >= 0.3 is 24.4 Å². The SMILES string of the molecule is Cc1cc(F)c(N2C(=O)CCC2=O)cc1SCC(F)(F)F.Cc1cc(F)c(N2C(=O)CN(C(=O)NCC(C)C)C2=O)cc1SCC(F)(F)F. The number of carbonyl (C=O) groups excluding carboxylic acids is 5. The quantitative estimate of drug-likeness (QED) is 0.130. The lowest BCUT2D eigenvalue weighted by atomic mass is 10.2. The molecule has 0 atom stereocenters. The summed E-state index contributed by atoms with van der Waals surface area (Å²) < 4.78 is 103. The Balaban J connectivity index is 0.000000276. The van der Waals surface area contributed by atoms with Crippen molar-refractivity contribution in [2.45, 2.75) is 62.7 Å². The molecule has 2 heterocycles. The largest absolute Gasteiger partial charge is 0.398 e. The van der Waals surface area contributed by atoms with Crippen LogP contribution < -0.4 is 15.1 Å². The second-order valence-electron chi connectivity index (χ2n) is 11.2. The number of benzene rings is 2. The van der Waals surface area contributed by atoms with Crippen LogP contribution in [0, 0.1) is 31.4 Å². The first kappa shape index (κ1) is 39.6. The summed E-state index contributed by atoms with van der Waals surface area (Å²) >= 11 is 0.920. The van der Waals surface area contributed by atoms with Gasteiger partial charge in [0.2, 0.25) is 11.8 Å². The molecule has 0 radical (unpaired) electrons. The van der Waals surface area contributed by atoms with Crippen LogP contribution >= 0.6 is 23.5 Å². The standard InChI is InChI=1S/C17H19F4N3O3S.C13H11F4NO2S/c1-9(2)6-22-15(26)23-7-14(25)24(16(23)27)12-5-13(10(3)4-11(12)18)28-8-17(19,20)21;1-7-4-8(14)9(18-11(19)2-3-12(18)20)5-10(7)21-6-13(15,16)17/h4-5,9H,6-8H2,1-3H3,(H,22,26);4-5H,2-3,6H2,1H3. The number of amides is 7. The van der Waals surface area contributed by atoms with Gasteiger partial charge in [-0.2, -0.15) is 26.3 Å². The van der Waals surface area contributed by atoms with E-state index in [2.05, 4.69) is 5.32 Å². The number of nitrogens with one attached hydrogen (secondary N) is 1. The monoisotopic (exact) mass is 742 g/mol. The lowest BCUT2D eigenvalue weighted by Crippen LogP contribution is -2.44. The van der Waals surface area contributed by atoms with E-state index in [4.69, 9.17) is 0 Å². The van der Waals surface area contributed by atoms with Crippen molar-refractivity contribution in [3.63, 3.8) is 0 Å². The zero-order chi connectivity index (χ0) is 37.0. The molecule has 0 spiro atoms. The molecule has 2 fully saturated rings. The van der Waals surface area contributed by atoms with Gasteiger partial charge in [-0.15, -0.1) is 23.5 Å². The second kappa shape index (κ2) is 15.8. The van der Waals surface area contributed by atoms with E-state index in [-0.39, 0.29) is 46.3 Å². The maximum absolute atomic E-state index is 14.4. The van der Waals surface area contributed by atoms with Crippen molar-refractivity contribution in [1.82, 2.24) is 10.2 Å². The van der Waals surface area contributed by atoms with Crippen molar-refractivity contribution in [1.29, 1.82) is 0 Å². The van der Waals surface area contributed by atoms with Gasteiger partial charge in [0.25, 0.3) is 5.91 Å². The highest BCUT2D eigenvalue weighted by atomic mass is 32.2. The van der Waals surface area contributed by atoms with Crippen molar-refractivity contribution >= 4 is 64.7 Å². The molecule has 0 saturated carbocycles. The van der Waals surface area contributed by atoms with E-state index in [0.717, 1.165) is 24.3 Å². The van der Waals surface area contributed by atoms with Gasteiger partial charge in [0.05, 0.1) is 22.9 Å². The number of aryl methyl sites for hydroxylation is 2. The molecule has 2 aromatic carbocycles. The highest BCUT2D eigenvalue weighted by Crippen LogP contribution is 2.36. The van der Waals surface area contributed by atoms with Gasteiger partial charge in [-0.25, -0.2) is 33.1 Å². The highest BCUT2D eigenvalue weighted by molar-refractivity contribution is 7.99. The summed E-state index contributed by atoms with van der Waals surface area (Å²) in [6, 6.07) is 2.28. The van der Waals surface area contributed by atoms with Crippen molar-refractivity contribution in [2.24, 2.45) is 5.92 Å². The molecule has 0 unspecified atom stereocenters. The molecule has 0 aliphatic carbocycles. The lowest BCUT2D eigenvalue weighted by Gasteiger charge is -2.19. The molecule has 49 heavy (non-hydrogen) atoms. The summed E-state index contributed by atoms with van der Waals surface area (Å²) in [5.41, 5.74) is -0.201. The Kier molecular flexibility index (Phi) is 12.7. The number of imide groups is 3. The summed E-state index contributed by atoms with van der Waals surface area (Å²) in [4.78, 5) is 62.1. The third-order valence-corrected chi connectivity index (χ3v) is 9.12. The van der Waals surface area contributed by atoms with Gasteiger partial charge in [0.15, 0.2) is 0 Å². The number of halogens is 8. The predicted molar refractivity (Wildman–Crippen MR) is 165 cm³/mol. The molecular formula is C30H30F8N4O5S2. The zero-order valence-corrected chi connectivity index (χ0v) is 28.0. The number of nitrogens with zero attached hydrogens (tertiary/aromatic N) is 3. The van der Waals surface area contributed by atoms with Crippen LogP contribution in [-0.4, -0.2) is 71.6 Å². The van der Waals surface area contributed by atoms with Crippen LogP contribution in [0.1, 0.15) is 37.8 Å². The first-order valence-electron chi connectivity index (χ1n) is 14.4. The third kappa shape index (κ3) is 10.6. The van der Waals surface area contributed by atoms with E-state index in [1.54, 1.807) is 0 Å². The van der Waals surface area contributed by atoms with Gasteiger partial charge in [-0.1, -0.05) is 13.8 Å². The molecule has 19 heteroatoms. The molecule has 4 rings (SSSR count). The Labute approximate surface area is 283 Å². The van der Waals surface area contributed by atoms with E-state index in [9.17, 15) is 59.1 Å². The number of rotatable bonds is 8. The summed E-state index contributed by atoms with van der Waals surface area (Å²) in [6.45, 7) is 6.26. The first-order chi connectivity index (χ1) is 22.6. The summed E-state index contributed by atoms with van der Waals surface area (Å²) in [6.07, 6.45) is -8.82. The van der Waals surface area contributed by atoms with Crippen LogP contribution in [-0.2, 0) is 14.4 Å². The number of hydrogen-bond acceptors (Lipinski definition) is 7. The number of urea groups is 2. The van der Waals surface area contributed by atoms with Crippen molar-refractivity contribution in [3.8, 4) is 0 Å². The minimum absolute atomic E-state index is 0.0167. The van der Waals surface area contributed by atoms with Crippen LogP contribution in [0.15, 0.2) is 34.1 Å². The predicted octanol–water partition coefficient (Wildman–Crippen LogP) is 7.36. The topological polar surface area (TPSA) is 107 Å². The first-order valence-corrected chi connectivity index (χ1v) is 16.3. The summed E-state index contributed by atoms with van der Waals surface area (Å²) in [7, 11) is 0. The van der Waals surface area contributed by atoms with E-state index in [1.807, 2.05) is 13.8 Å². The third-order valence-electron chi connectivity index (χ3n) is 6.68. The smallest absolute Gasteiger partial charge is 0.337 e. The van der Waals surface area contributed by atoms with Gasteiger partial charge in [-0.05, 0) is 55.2 Å². The lowest BCUT2D eigenvalue weighted by molar-refractivity contribution is -0.121. The van der Waals surface area contributed by atoms with E-state index in [1.165, 1.54) is 13.8 Å². The Morgan fingerprint density at radius 1 is 0.755 bits per heavy atom. The normalized spacial score (nSPS) is 15.4. The van der Waals surface area contributed by atoms with Crippen molar-refractivity contribution < 1.29 is 59.1 Å². The Morgan fingerprint density at radius 2 is 1.18 bits per heavy atom. The fourth-order valence-electron chi connectivity index (χ4n) is 4.39. The van der Waals surface area contributed by atoms with Gasteiger partial charge in [0, 0.05) is 29.2 Å². The fourth-order valence-corrected chi connectivity index (χ4v) is 5.99. The minimum Gasteiger partial charge on any atom is -0.337 e. The van der Waals surface area contributed by atoms with Crippen molar-refractivity contribution in [3.05, 3.63) is 47.0 Å². The molecule has 268 valence electrons. The Hall–Kier alpha value is -3.87. The molecule has 2 aromatic rings. The molecule has 9 nitrogen and oxygen atoms in total. The Morgan fingerprint density at radius 3 is 1.59 bits per heavy atom. The van der Waals surface area contributed by atoms with Crippen LogP contribution in [0.2, 0.25) is 0 Å². The van der Waals surface area contributed by atoms with Gasteiger partial charge in [0.1, 0.15) is 18.2 Å². The van der Waals surface area contributed by atoms with Crippen LogP contribution in [0.25, 0.3) is 0 Å². The number of thioether (sulfide) groups is 2. The highest BCUT2D eigenvalue weighted by Gasteiger charge is 2.42. The second-order valence-corrected chi connectivity index (χ2v) is 13.3. The van der Waals surface area contributed by atoms with E-state index in [0.29, 0.717) is 43.8 Å².